The molecule has 0 atom stereocenters. The summed E-state index contributed by atoms with van der Waals surface area (Å²) in [5.74, 6) is 0. The zero-order valence-electron chi connectivity index (χ0n) is 9.47. The van der Waals surface area contributed by atoms with Crippen molar-refractivity contribution in [2.45, 2.75) is 6.61 Å². The Labute approximate surface area is 113 Å². The molecule has 0 fully saturated rings. The van der Waals surface area contributed by atoms with Gasteiger partial charge in [0, 0.05) is 12.4 Å². The molecule has 2 rings (SSSR count). The van der Waals surface area contributed by atoms with Crippen LogP contribution in [0.5, 0.6) is 0 Å². The Morgan fingerprint density at radius 2 is 2.06 bits per heavy atom. The number of amides is 1. The molecule has 0 saturated heterocycles. The summed E-state index contributed by atoms with van der Waals surface area (Å²) in [7, 11) is 0. The van der Waals surface area contributed by atoms with Crippen molar-refractivity contribution in [1.29, 1.82) is 0 Å². The number of anilines is 1. The molecule has 0 bridgehead atoms. The van der Waals surface area contributed by atoms with Crippen LogP contribution in [0, 0.1) is 0 Å². The number of carbonyl (C=O) groups is 1. The Hall–Kier alpha value is -1.88. The Kier molecular flexibility index (Phi) is 4.30. The van der Waals surface area contributed by atoms with E-state index in [9.17, 15) is 4.79 Å². The number of nitrogens with one attached hydrogen (secondary N) is 1. The molecule has 0 saturated carbocycles. The molecule has 0 aliphatic carbocycles. The molecule has 0 aliphatic heterocycles. The maximum atomic E-state index is 11.6. The lowest BCUT2D eigenvalue weighted by molar-refractivity contribution is 0.155. The minimum absolute atomic E-state index is 0.245. The third kappa shape index (κ3) is 3.56. The van der Waals surface area contributed by atoms with Gasteiger partial charge in [0.15, 0.2) is 0 Å². The van der Waals surface area contributed by atoms with E-state index < -0.39 is 6.09 Å². The van der Waals surface area contributed by atoms with E-state index in [1.807, 2.05) is 30.3 Å². The highest BCUT2D eigenvalue weighted by Gasteiger charge is 2.06. The summed E-state index contributed by atoms with van der Waals surface area (Å²) < 4.78 is 5.81. The molecule has 1 aromatic heterocycles. The van der Waals surface area contributed by atoms with Crippen LogP contribution < -0.4 is 5.32 Å². The van der Waals surface area contributed by atoms with Crippen LogP contribution in [0.4, 0.5) is 10.5 Å². The van der Waals surface area contributed by atoms with Crippen molar-refractivity contribution in [3.8, 4) is 0 Å². The van der Waals surface area contributed by atoms with Crippen LogP contribution in [0.25, 0.3) is 0 Å². The lowest BCUT2D eigenvalue weighted by Gasteiger charge is -2.07. The summed E-state index contributed by atoms with van der Waals surface area (Å²) in [6, 6.07) is 11.2. The van der Waals surface area contributed by atoms with E-state index in [4.69, 9.17) is 4.74 Å². The van der Waals surface area contributed by atoms with E-state index in [-0.39, 0.29) is 6.61 Å². The van der Waals surface area contributed by atoms with Gasteiger partial charge in [-0.1, -0.05) is 30.3 Å². The number of hydrogen-bond donors (Lipinski definition) is 1. The van der Waals surface area contributed by atoms with Crippen molar-refractivity contribution in [1.82, 2.24) is 4.98 Å². The van der Waals surface area contributed by atoms with Crippen LogP contribution in [0.15, 0.2) is 53.3 Å². The van der Waals surface area contributed by atoms with Crippen molar-refractivity contribution >= 4 is 27.7 Å². The van der Waals surface area contributed by atoms with Crippen LogP contribution >= 0.6 is 15.9 Å². The number of pyridine rings is 1. The number of aromatic nitrogens is 1. The fourth-order valence-corrected chi connectivity index (χ4v) is 1.70. The molecule has 1 N–H and O–H groups in total. The fraction of sp³-hybridized carbons (Fsp3) is 0.0769. The van der Waals surface area contributed by atoms with Crippen LogP contribution in [0.3, 0.4) is 0 Å². The SMILES string of the molecule is O=C(Nc1ccncc1Br)OCc1ccccc1. The lowest BCUT2D eigenvalue weighted by atomic mass is 10.2. The number of nitrogens with zero attached hydrogens (tertiary/aromatic N) is 1. The van der Waals surface area contributed by atoms with Crippen LogP contribution in [0.1, 0.15) is 5.56 Å². The number of hydrogen-bond acceptors (Lipinski definition) is 3. The molecule has 0 radical (unpaired) electrons. The molecule has 4 nitrogen and oxygen atoms in total. The van der Waals surface area contributed by atoms with Gasteiger partial charge in [0.25, 0.3) is 0 Å². The first-order chi connectivity index (χ1) is 8.75. The first kappa shape index (κ1) is 12.6. The van der Waals surface area contributed by atoms with E-state index in [1.54, 1.807) is 18.5 Å². The Morgan fingerprint density at radius 1 is 1.28 bits per heavy atom. The highest BCUT2D eigenvalue weighted by Crippen LogP contribution is 2.20. The summed E-state index contributed by atoms with van der Waals surface area (Å²) in [6.07, 6.45) is 2.70. The topological polar surface area (TPSA) is 51.2 Å². The molecule has 1 aromatic carbocycles. The Morgan fingerprint density at radius 3 is 2.78 bits per heavy atom. The molecular weight excluding hydrogens is 296 g/mol. The van der Waals surface area contributed by atoms with Crippen molar-refractivity contribution in [3.63, 3.8) is 0 Å². The first-order valence-corrected chi connectivity index (χ1v) is 6.12. The summed E-state index contributed by atoms with van der Waals surface area (Å²) in [5.41, 5.74) is 1.57. The summed E-state index contributed by atoms with van der Waals surface area (Å²) in [6.45, 7) is 0.245. The highest BCUT2D eigenvalue weighted by molar-refractivity contribution is 9.10. The van der Waals surface area contributed by atoms with E-state index >= 15 is 0 Å². The number of carbonyl (C=O) groups excluding carboxylic acids is 1. The zero-order valence-corrected chi connectivity index (χ0v) is 11.1. The smallest absolute Gasteiger partial charge is 0.411 e. The van der Waals surface area contributed by atoms with Crippen molar-refractivity contribution < 1.29 is 9.53 Å². The van der Waals surface area contributed by atoms with Gasteiger partial charge in [0.1, 0.15) is 6.61 Å². The lowest BCUT2D eigenvalue weighted by Crippen LogP contribution is -2.13. The van der Waals surface area contributed by atoms with Crippen LogP contribution in [-0.4, -0.2) is 11.1 Å². The van der Waals surface area contributed by atoms with Gasteiger partial charge in [-0.05, 0) is 27.6 Å². The number of rotatable bonds is 3. The molecule has 1 amide bonds. The van der Waals surface area contributed by atoms with Gasteiger partial charge in [-0.25, -0.2) is 4.79 Å². The second-order valence-electron chi connectivity index (χ2n) is 3.54. The molecule has 5 heteroatoms. The van der Waals surface area contributed by atoms with E-state index in [0.717, 1.165) is 5.56 Å². The largest absolute Gasteiger partial charge is 0.444 e. The molecule has 0 spiro atoms. The van der Waals surface area contributed by atoms with Gasteiger partial charge in [0.2, 0.25) is 0 Å². The number of benzene rings is 1. The molecule has 18 heavy (non-hydrogen) atoms. The van der Waals surface area contributed by atoms with Crippen LogP contribution in [0.2, 0.25) is 0 Å². The maximum Gasteiger partial charge on any atom is 0.411 e. The van der Waals surface area contributed by atoms with Gasteiger partial charge in [-0.2, -0.15) is 0 Å². The van der Waals surface area contributed by atoms with E-state index in [1.165, 1.54) is 0 Å². The van der Waals surface area contributed by atoms with Gasteiger partial charge in [-0.15, -0.1) is 0 Å². The minimum Gasteiger partial charge on any atom is -0.444 e. The average Bonchev–Trinajstić information content (AvgIpc) is 2.40. The van der Waals surface area contributed by atoms with Crippen LogP contribution in [-0.2, 0) is 11.3 Å². The van der Waals surface area contributed by atoms with Crippen molar-refractivity contribution in [2.75, 3.05) is 5.32 Å². The monoisotopic (exact) mass is 306 g/mol. The maximum absolute atomic E-state index is 11.6. The molecule has 2 aromatic rings. The molecule has 92 valence electrons. The van der Waals surface area contributed by atoms with Gasteiger partial charge < -0.3 is 4.74 Å². The predicted octanol–water partition coefficient (Wildman–Crippen LogP) is 3.59. The van der Waals surface area contributed by atoms with E-state index in [2.05, 4.69) is 26.2 Å². The molecule has 0 aliphatic rings. The average molecular weight is 307 g/mol. The number of ether oxygens (including phenoxy) is 1. The standard InChI is InChI=1S/C13H11BrN2O2/c14-11-8-15-7-6-12(11)16-13(17)18-9-10-4-2-1-3-5-10/h1-8H,9H2,(H,15,16,17). The predicted molar refractivity (Wildman–Crippen MR) is 72.2 cm³/mol. The van der Waals surface area contributed by atoms with E-state index in [0.29, 0.717) is 10.2 Å². The Bertz CT molecular complexity index is 532. The van der Waals surface area contributed by atoms with Crippen molar-refractivity contribution in [3.05, 3.63) is 58.8 Å². The fourth-order valence-electron chi connectivity index (χ4n) is 1.35. The summed E-state index contributed by atoms with van der Waals surface area (Å²) in [4.78, 5) is 15.5. The van der Waals surface area contributed by atoms with Gasteiger partial charge in [-0.3, -0.25) is 10.3 Å². The quantitative estimate of drug-likeness (QED) is 0.942. The third-order valence-electron chi connectivity index (χ3n) is 2.22. The van der Waals surface area contributed by atoms with Gasteiger partial charge in [0.05, 0.1) is 10.2 Å². The second-order valence-corrected chi connectivity index (χ2v) is 4.40. The highest BCUT2D eigenvalue weighted by atomic mass is 79.9. The number of halogens is 1. The first-order valence-electron chi connectivity index (χ1n) is 5.33. The molecular formula is C13H11BrN2O2. The van der Waals surface area contributed by atoms with Gasteiger partial charge >= 0.3 is 6.09 Å². The molecule has 0 unspecified atom stereocenters. The second kappa shape index (κ2) is 6.16. The normalized spacial score (nSPS) is 9.83. The molecule has 1 heterocycles. The zero-order chi connectivity index (χ0) is 12.8. The summed E-state index contributed by atoms with van der Waals surface area (Å²) in [5, 5.41) is 2.63. The third-order valence-corrected chi connectivity index (χ3v) is 2.85. The summed E-state index contributed by atoms with van der Waals surface area (Å²) >= 11 is 3.29. The Balaban J connectivity index is 1.88. The minimum atomic E-state index is -0.495. The van der Waals surface area contributed by atoms with Crippen molar-refractivity contribution in [2.24, 2.45) is 0 Å².